The second kappa shape index (κ2) is 6.67. The molecule has 0 heterocycles. The summed E-state index contributed by atoms with van der Waals surface area (Å²) in [6.07, 6.45) is 4.87. The molecule has 0 radical (unpaired) electrons. The molecular weight excluding hydrogens is 202 g/mol. The van der Waals surface area contributed by atoms with Crippen LogP contribution in [-0.2, 0) is 4.79 Å². The van der Waals surface area contributed by atoms with Crippen molar-refractivity contribution in [3.63, 3.8) is 0 Å². The van der Waals surface area contributed by atoms with Crippen molar-refractivity contribution < 1.29 is 9.53 Å². The van der Waals surface area contributed by atoms with Gasteiger partial charge in [-0.05, 0) is 24.1 Å². The number of amides is 1. The number of rotatable bonds is 6. The van der Waals surface area contributed by atoms with Gasteiger partial charge in [0.15, 0.2) is 0 Å². The fraction of sp³-hybridized carbons (Fsp3) is 0.308. The summed E-state index contributed by atoms with van der Waals surface area (Å²) in [5, 5.41) is 0. The van der Waals surface area contributed by atoms with E-state index in [-0.39, 0.29) is 12.3 Å². The zero-order chi connectivity index (χ0) is 11.8. The van der Waals surface area contributed by atoms with Gasteiger partial charge >= 0.3 is 0 Å². The zero-order valence-corrected chi connectivity index (χ0v) is 9.48. The van der Waals surface area contributed by atoms with Crippen molar-refractivity contribution in [2.45, 2.75) is 19.8 Å². The van der Waals surface area contributed by atoms with E-state index in [2.05, 4.69) is 6.92 Å². The van der Waals surface area contributed by atoms with Crippen LogP contribution in [0.1, 0.15) is 25.3 Å². The van der Waals surface area contributed by atoms with Crippen molar-refractivity contribution in [2.24, 2.45) is 5.73 Å². The lowest BCUT2D eigenvalue weighted by Crippen LogP contribution is -2.07. The van der Waals surface area contributed by atoms with Gasteiger partial charge in [0.05, 0.1) is 6.61 Å². The largest absolute Gasteiger partial charge is 0.494 e. The third kappa shape index (κ3) is 4.64. The maximum Gasteiger partial charge on any atom is 0.221 e. The normalized spacial score (nSPS) is 10.6. The molecule has 0 bridgehead atoms. The molecule has 1 aromatic rings. The average molecular weight is 219 g/mol. The van der Waals surface area contributed by atoms with Crippen LogP contribution >= 0.6 is 0 Å². The first-order valence-corrected chi connectivity index (χ1v) is 5.40. The molecule has 16 heavy (non-hydrogen) atoms. The highest BCUT2D eigenvalue weighted by molar-refractivity contribution is 5.76. The summed E-state index contributed by atoms with van der Waals surface area (Å²) in [5.74, 6) is 0.526. The summed E-state index contributed by atoms with van der Waals surface area (Å²) in [5.41, 5.74) is 6.05. The molecule has 0 aliphatic heterocycles. The highest BCUT2D eigenvalue weighted by Crippen LogP contribution is 2.14. The SMILES string of the molecule is CCCOc1cccc(C=CCC(N)=O)c1. The number of hydrogen-bond acceptors (Lipinski definition) is 2. The van der Waals surface area contributed by atoms with Gasteiger partial charge in [0.2, 0.25) is 5.91 Å². The van der Waals surface area contributed by atoms with Crippen molar-refractivity contribution in [1.29, 1.82) is 0 Å². The minimum absolute atomic E-state index is 0.264. The zero-order valence-electron chi connectivity index (χ0n) is 9.48. The van der Waals surface area contributed by atoms with E-state index in [1.165, 1.54) is 0 Å². The molecule has 1 aromatic carbocycles. The van der Waals surface area contributed by atoms with Crippen molar-refractivity contribution in [2.75, 3.05) is 6.61 Å². The van der Waals surface area contributed by atoms with Crippen LogP contribution in [0.2, 0.25) is 0 Å². The molecule has 3 nitrogen and oxygen atoms in total. The quantitative estimate of drug-likeness (QED) is 0.798. The van der Waals surface area contributed by atoms with Crippen LogP contribution in [0.5, 0.6) is 5.75 Å². The summed E-state index contributed by atoms with van der Waals surface area (Å²) < 4.78 is 5.50. The Morgan fingerprint density at radius 1 is 1.50 bits per heavy atom. The van der Waals surface area contributed by atoms with Crippen LogP contribution in [0.25, 0.3) is 6.08 Å². The smallest absolute Gasteiger partial charge is 0.221 e. The Balaban J connectivity index is 2.59. The van der Waals surface area contributed by atoms with Gasteiger partial charge in [-0.25, -0.2) is 0 Å². The van der Waals surface area contributed by atoms with Gasteiger partial charge in [-0.15, -0.1) is 0 Å². The molecule has 0 spiro atoms. The lowest BCUT2D eigenvalue weighted by molar-refractivity contribution is -0.117. The van der Waals surface area contributed by atoms with Crippen LogP contribution in [0.15, 0.2) is 30.3 Å². The molecule has 3 heteroatoms. The number of ether oxygens (including phenoxy) is 1. The van der Waals surface area contributed by atoms with E-state index < -0.39 is 0 Å². The van der Waals surface area contributed by atoms with Crippen LogP contribution in [-0.4, -0.2) is 12.5 Å². The first kappa shape index (κ1) is 12.3. The molecule has 0 aromatic heterocycles. The number of nitrogens with two attached hydrogens (primary N) is 1. The first-order valence-electron chi connectivity index (χ1n) is 5.40. The monoisotopic (exact) mass is 219 g/mol. The van der Waals surface area contributed by atoms with Crippen molar-refractivity contribution in [3.05, 3.63) is 35.9 Å². The Morgan fingerprint density at radius 3 is 3.00 bits per heavy atom. The molecule has 0 aliphatic rings. The molecule has 0 saturated carbocycles. The number of hydrogen-bond donors (Lipinski definition) is 1. The molecule has 0 saturated heterocycles. The Hall–Kier alpha value is -1.77. The molecule has 1 amide bonds. The third-order valence-corrected chi connectivity index (χ3v) is 1.96. The van der Waals surface area contributed by atoms with E-state index in [9.17, 15) is 4.79 Å². The molecular formula is C13H17NO2. The molecule has 0 unspecified atom stereocenters. The van der Waals surface area contributed by atoms with Crippen LogP contribution < -0.4 is 10.5 Å². The van der Waals surface area contributed by atoms with Gasteiger partial charge < -0.3 is 10.5 Å². The van der Waals surface area contributed by atoms with E-state index in [1.54, 1.807) is 6.08 Å². The number of benzene rings is 1. The van der Waals surface area contributed by atoms with Crippen molar-refractivity contribution in [1.82, 2.24) is 0 Å². The van der Waals surface area contributed by atoms with Crippen LogP contribution in [0.4, 0.5) is 0 Å². The Kier molecular flexibility index (Phi) is 5.12. The maximum absolute atomic E-state index is 10.5. The summed E-state index contributed by atoms with van der Waals surface area (Å²) in [4.78, 5) is 10.5. The van der Waals surface area contributed by atoms with Gasteiger partial charge in [-0.2, -0.15) is 0 Å². The lowest BCUT2D eigenvalue weighted by atomic mass is 10.2. The highest BCUT2D eigenvalue weighted by Gasteiger charge is 1.94. The standard InChI is InChI=1S/C13H17NO2/c1-2-9-16-12-7-3-5-11(10-12)6-4-8-13(14)15/h3-7,10H,2,8-9H2,1H3,(H2,14,15). The first-order chi connectivity index (χ1) is 7.72. The van der Waals surface area contributed by atoms with Crippen molar-refractivity contribution in [3.8, 4) is 5.75 Å². The Labute approximate surface area is 95.9 Å². The fourth-order valence-corrected chi connectivity index (χ4v) is 1.24. The third-order valence-electron chi connectivity index (χ3n) is 1.96. The van der Waals surface area contributed by atoms with Gasteiger partial charge in [0.25, 0.3) is 0 Å². The molecule has 0 aliphatic carbocycles. The molecule has 86 valence electrons. The van der Waals surface area contributed by atoms with E-state index >= 15 is 0 Å². The van der Waals surface area contributed by atoms with E-state index in [4.69, 9.17) is 10.5 Å². The lowest BCUT2D eigenvalue weighted by Gasteiger charge is -2.04. The minimum Gasteiger partial charge on any atom is -0.494 e. The average Bonchev–Trinajstić information content (AvgIpc) is 2.26. The van der Waals surface area contributed by atoms with Gasteiger partial charge in [0, 0.05) is 6.42 Å². The van der Waals surface area contributed by atoms with E-state index in [1.807, 2.05) is 30.3 Å². The Bertz CT molecular complexity index is 372. The summed E-state index contributed by atoms with van der Waals surface area (Å²) in [6, 6.07) is 7.74. The fourth-order valence-electron chi connectivity index (χ4n) is 1.24. The molecule has 2 N–H and O–H groups in total. The van der Waals surface area contributed by atoms with Crippen LogP contribution in [0.3, 0.4) is 0 Å². The van der Waals surface area contributed by atoms with Crippen molar-refractivity contribution >= 4 is 12.0 Å². The molecule has 1 rings (SSSR count). The minimum atomic E-state index is -0.324. The summed E-state index contributed by atoms with van der Waals surface area (Å²) in [7, 11) is 0. The second-order valence-corrected chi connectivity index (χ2v) is 3.49. The highest BCUT2D eigenvalue weighted by atomic mass is 16.5. The van der Waals surface area contributed by atoms with Gasteiger partial charge in [0.1, 0.15) is 5.75 Å². The number of carbonyl (C=O) groups is 1. The predicted octanol–water partition coefficient (Wildman–Crippen LogP) is 2.36. The topological polar surface area (TPSA) is 52.3 Å². The summed E-state index contributed by atoms with van der Waals surface area (Å²) in [6.45, 7) is 2.78. The number of carbonyl (C=O) groups excluding carboxylic acids is 1. The molecule has 0 atom stereocenters. The Morgan fingerprint density at radius 2 is 2.31 bits per heavy atom. The maximum atomic E-state index is 10.5. The van der Waals surface area contributed by atoms with Gasteiger partial charge in [-0.1, -0.05) is 31.2 Å². The second-order valence-electron chi connectivity index (χ2n) is 3.49. The number of primary amides is 1. The predicted molar refractivity (Wildman–Crippen MR) is 65.1 cm³/mol. The molecule has 0 fully saturated rings. The van der Waals surface area contributed by atoms with E-state index in [0.29, 0.717) is 6.61 Å². The van der Waals surface area contributed by atoms with Crippen LogP contribution in [0, 0.1) is 0 Å². The van der Waals surface area contributed by atoms with Gasteiger partial charge in [-0.3, -0.25) is 4.79 Å². The summed E-state index contributed by atoms with van der Waals surface area (Å²) >= 11 is 0. The van der Waals surface area contributed by atoms with E-state index in [0.717, 1.165) is 17.7 Å².